The van der Waals surface area contributed by atoms with Crippen molar-refractivity contribution in [2.24, 2.45) is 0 Å². The topological polar surface area (TPSA) is 58.6 Å². The third kappa shape index (κ3) is 3.69. The molecule has 6 heteroatoms. The van der Waals surface area contributed by atoms with Crippen molar-refractivity contribution in [2.75, 3.05) is 20.7 Å². The summed E-state index contributed by atoms with van der Waals surface area (Å²) in [5.74, 6) is -1.22. The lowest BCUT2D eigenvalue weighted by Crippen LogP contribution is -2.45. The van der Waals surface area contributed by atoms with Gasteiger partial charge in [-0.2, -0.15) is 0 Å². The zero-order chi connectivity index (χ0) is 15.3. The molecule has 2 amide bonds. The van der Waals surface area contributed by atoms with Gasteiger partial charge in [0.25, 0.3) is 5.91 Å². The summed E-state index contributed by atoms with van der Waals surface area (Å²) in [5, 5.41) is 2.48. The van der Waals surface area contributed by atoms with Crippen LogP contribution in [0.4, 0.5) is 4.39 Å². The average Bonchev–Trinajstić information content (AvgIpc) is 2.44. The third-order valence-electron chi connectivity index (χ3n) is 2.99. The SMILES string of the molecule is CCN(C)C(=O)C(C)NC(=O)c1ccc(OC)cc1F. The molecule has 1 unspecified atom stereocenters. The summed E-state index contributed by atoms with van der Waals surface area (Å²) in [6.07, 6.45) is 0. The maximum atomic E-state index is 13.7. The van der Waals surface area contributed by atoms with Crippen molar-refractivity contribution in [1.82, 2.24) is 10.2 Å². The Morgan fingerprint density at radius 3 is 2.60 bits per heavy atom. The molecule has 1 aromatic carbocycles. The summed E-state index contributed by atoms with van der Waals surface area (Å²) < 4.78 is 18.6. The molecular formula is C14H19FN2O3. The first kappa shape index (κ1) is 15.9. The largest absolute Gasteiger partial charge is 0.497 e. The van der Waals surface area contributed by atoms with Crippen molar-refractivity contribution in [1.29, 1.82) is 0 Å². The van der Waals surface area contributed by atoms with Gasteiger partial charge >= 0.3 is 0 Å². The van der Waals surface area contributed by atoms with Gasteiger partial charge in [-0.25, -0.2) is 4.39 Å². The van der Waals surface area contributed by atoms with Crippen LogP contribution in [0.3, 0.4) is 0 Å². The number of rotatable bonds is 5. The fourth-order valence-corrected chi connectivity index (χ4v) is 1.63. The predicted octanol–water partition coefficient (Wildman–Crippen LogP) is 1.43. The number of nitrogens with one attached hydrogen (secondary N) is 1. The van der Waals surface area contributed by atoms with Gasteiger partial charge in [-0.1, -0.05) is 0 Å². The van der Waals surface area contributed by atoms with Crippen molar-refractivity contribution in [3.63, 3.8) is 0 Å². The van der Waals surface area contributed by atoms with Crippen LogP contribution in [-0.2, 0) is 4.79 Å². The molecule has 20 heavy (non-hydrogen) atoms. The predicted molar refractivity (Wildman–Crippen MR) is 73.2 cm³/mol. The molecule has 1 rings (SSSR count). The highest BCUT2D eigenvalue weighted by Crippen LogP contribution is 2.16. The monoisotopic (exact) mass is 282 g/mol. The number of hydrogen-bond donors (Lipinski definition) is 1. The number of nitrogens with zero attached hydrogens (tertiary/aromatic N) is 1. The molecule has 1 N–H and O–H groups in total. The molecule has 0 heterocycles. The number of likely N-dealkylation sites (N-methyl/N-ethyl adjacent to an activating group) is 1. The van der Waals surface area contributed by atoms with Gasteiger partial charge in [-0.3, -0.25) is 9.59 Å². The molecule has 0 bridgehead atoms. The highest BCUT2D eigenvalue weighted by Gasteiger charge is 2.21. The first-order valence-electron chi connectivity index (χ1n) is 6.30. The van der Waals surface area contributed by atoms with Crippen LogP contribution < -0.4 is 10.1 Å². The molecular weight excluding hydrogens is 263 g/mol. The molecule has 110 valence electrons. The van der Waals surface area contributed by atoms with Gasteiger partial charge in [0.05, 0.1) is 12.7 Å². The lowest BCUT2D eigenvalue weighted by molar-refractivity contribution is -0.131. The van der Waals surface area contributed by atoms with Gasteiger partial charge in [0.1, 0.15) is 17.6 Å². The molecule has 0 spiro atoms. The second-order valence-electron chi connectivity index (χ2n) is 4.39. The van der Waals surface area contributed by atoms with Crippen LogP contribution in [0.1, 0.15) is 24.2 Å². The van der Waals surface area contributed by atoms with Gasteiger partial charge in [-0.15, -0.1) is 0 Å². The van der Waals surface area contributed by atoms with Crippen LogP contribution in [0.5, 0.6) is 5.75 Å². The maximum absolute atomic E-state index is 13.7. The van der Waals surface area contributed by atoms with Crippen molar-refractivity contribution in [3.8, 4) is 5.75 Å². The van der Waals surface area contributed by atoms with Crippen LogP contribution in [-0.4, -0.2) is 43.5 Å². The Kier molecular flexibility index (Phi) is 5.49. The zero-order valence-corrected chi connectivity index (χ0v) is 12.1. The van der Waals surface area contributed by atoms with E-state index >= 15 is 0 Å². The number of amides is 2. The fourth-order valence-electron chi connectivity index (χ4n) is 1.63. The van der Waals surface area contributed by atoms with Gasteiger partial charge in [-0.05, 0) is 26.0 Å². The molecule has 0 saturated carbocycles. The van der Waals surface area contributed by atoms with Crippen molar-refractivity contribution in [2.45, 2.75) is 19.9 Å². The van der Waals surface area contributed by atoms with E-state index in [0.717, 1.165) is 6.07 Å². The molecule has 5 nitrogen and oxygen atoms in total. The first-order valence-corrected chi connectivity index (χ1v) is 6.30. The standard InChI is InChI=1S/C14H19FN2O3/c1-5-17(3)14(19)9(2)16-13(18)11-7-6-10(20-4)8-12(11)15/h6-9H,5H2,1-4H3,(H,16,18). The summed E-state index contributed by atoms with van der Waals surface area (Å²) in [6, 6.07) is 3.22. The molecule has 0 radical (unpaired) electrons. The molecule has 0 aliphatic heterocycles. The van der Waals surface area contributed by atoms with Crippen LogP contribution in [0.2, 0.25) is 0 Å². The molecule has 0 aliphatic carbocycles. The molecule has 0 aliphatic rings. The highest BCUT2D eigenvalue weighted by molar-refractivity contribution is 5.97. The first-order chi connectivity index (χ1) is 9.40. The third-order valence-corrected chi connectivity index (χ3v) is 2.99. The Balaban J connectivity index is 2.79. The second-order valence-corrected chi connectivity index (χ2v) is 4.39. The van der Waals surface area contributed by atoms with Crippen LogP contribution >= 0.6 is 0 Å². The minimum Gasteiger partial charge on any atom is -0.497 e. The smallest absolute Gasteiger partial charge is 0.254 e. The Bertz CT molecular complexity index is 505. The van der Waals surface area contributed by atoms with Gasteiger partial charge in [0.15, 0.2) is 0 Å². The number of hydrogen-bond acceptors (Lipinski definition) is 3. The molecule has 1 atom stereocenters. The van der Waals surface area contributed by atoms with Crippen LogP contribution in [0, 0.1) is 5.82 Å². The van der Waals surface area contributed by atoms with E-state index in [1.807, 2.05) is 6.92 Å². The normalized spacial score (nSPS) is 11.7. The van der Waals surface area contributed by atoms with Crippen molar-refractivity contribution >= 4 is 11.8 Å². The minimum absolute atomic E-state index is 0.121. The maximum Gasteiger partial charge on any atom is 0.254 e. The Morgan fingerprint density at radius 2 is 2.10 bits per heavy atom. The second kappa shape index (κ2) is 6.88. The van der Waals surface area contributed by atoms with E-state index in [9.17, 15) is 14.0 Å². The van der Waals surface area contributed by atoms with E-state index in [4.69, 9.17) is 4.74 Å². The molecule has 0 aromatic heterocycles. The molecule has 1 aromatic rings. The van der Waals surface area contributed by atoms with Gasteiger partial charge < -0.3 is 15.0 Å². The van der Waals surface area contributed by atoms with Crippen LogP contribution in [0.15, 0.2) is 18.2 Å². The number of methoxy groups -OCH3 is 1. The lowest BCUT2D eigenvalue weighted by atomic mass is 10.1. The average molecular weight is 282 g/mol. The minimum atomic E-state index is -0.714. The Labute approximate surface area is 117 Å². The summed E-state index contributed by atoms with van der Waals surface area (Å²) >= 11 is 0. The summed E-state index contributed by atoms with van der Waals surface area (Å²) in [5.41, 5.74) is -0.121. The lowest BCUT2D eigenvalue weighted by Gasteiger charge is -2.20. The number of benzene rings is 1. The summed E-state index contributed by atoms with van der Waals surface area (Å²) in [7, 11) is 3.05. The van der Waals surface area contributed by atoms with Gasteiger partial charge in [0.2, 0.25) is 5.91 Å². The number of ether oxygens (including phenoxy) is 1. The van der Waals surface area contributed by atoms with E-state index in [-0.39, 0.29) is 11.5 Å². The number of halogens is 1. The zero-order valence-electron chi connectivity index (χ0n) is 12.1. The fraction of sp³-hybridized carbons (Fsp3) is 0.429. The molecule has 0 saturated heterocycles. The number of carbonyl (C=O) groups excluding carboxylic acids is 2. The molecule has 0 fully saturated rings. The Morgan fingerprint density at radius 1 is 1.45 bits per heavy atom. The number of carbonyl (C=O) groups is 2. The Hall–Kier alpha value is -2.11. The van der Waals surface area contributed by atoms with E-state index in [2.05, 4.69) is 5.32 Å². The van der Waals surface area contributed by atoms with Crippen molar-refractivity contribution in [3.05, 3.63) is 29.6 Å². The van der Waals surface area contributed by atoms with E-state index in [1.54, 1.807) is 14.0 Å². The van der Waals surface area contributed by atoms with Crippen LogP contribution in [0.25, 0.3) is 0 Å². The highest BCUT2D eigenvalue weighted by atomic mass is 19.1. The van der Waals surface area contributed by atoms with Gasteiger partial charge in [0, 0.05) is 19.7 Å². The van der Waals surface area contributed by atoms with E-state index < -0.39 is 17.8 Å². The summed E-state index contributed by atoms with van der Waals surface area (Å²) in [6.45, 7) is 3.93. The quantitative estimate of drug-likeness (QED) is 0.889. The van der Waals surface area contributed by atoms with E-state index in [1.165, 1.54) is 24.1 Å². The van der Waals surface area contributed by atoms with E-state index in [0.29, 0.717) is 12.3 Å². The summed E-state index contributed by atoms with van der Waals surface area (Å²) in [4.78, 5) is 25.2. The van der Waals surface area contributed by atoms with Crippen molar-refractivity contribution < 1.29 is 18.7 Å².